The molecule has 1 aromatic rings. The number of benzene rings is 1. The fraction of sp³-hybridized carbons (Fsp3) is 0.611. The highest BCUT2D eigenvalue weighted by molar-refractivity contribution is 6.30. The number of nitrogens with zero attached hydrogens (tertiary/aromatic N) is 2. The maximum atomic E-state index is 12.2. The van der Waals surface area contributed by atoms with Gasteiger partial charge < -0.3 is 14.5 Å². The molecule has 4 nitrogen and oxygen atoms in total. The van der Waals surface area contributed by atoms with Gasteiger partial charge in [0.15, 0.2) is 0 Å². The SMILES string of the molecule is CC(C)(C)OC(=O)N1CCC(N2CCc3cc(Cl)ccc32)CC1. The van der Waals surface area contributed by atoms with Crippen LogP contribution in [0.5, 0.6) is 0 Å². The number of fused-ring (bicyclic) bond motifs is 1. The molecule has 0 radical (unpaired) electrons. The van der Waals surface area contributed by atoms with E-state index in [0.29, 0.717) is 6.04 Å². The fourth-order valence-corrected chi connectivity index (χ4v) is 3.66. The van der Waals surface area contributed by atoms with Crippen LogP contribution in [0.4, 0.5) is 10.5 Å². The number of amides is 1. The van der Waals surface area contributed by atoms with Gasteiger partial charge in [-0.15, -0.1) is 0 Å². The normalized spacial score (nSPS) is 19.0. The first kappa shape index (κ1) is 16.4. The van der Waals surface area contributed by atoms with Crippen LogP contribution in [0.25, 0.3) is 0 Å². The number of carbonyl (C=O) groups is 1. The Morgan fingerprint density at radius 3 is 2.57 bits per heavy atom. The first-order valence-corrected chi connectivity index (χ1v) is 8.74. The highest BCUT2D eigenvalue weighted by Gasteiger charge is 2.32. The van der Waals surface area contributed by atoms with Crippen LogP contribution < -0.4 is 4.90 Å². The van der Waals surface area contributed by atoms with Gasteiger partial charge in [0.1, 0.15) is 5.60 Å². The van der Waals surface area contributed by atoms with Crippen molar-refractivity contribution in [1.82, 2.24) is 4.90 Å². The summed E-state index contributed by atoms with van der Waals surface area (Å²) in [6, 6.07) is 6.67. The first-order chi connectivity index (χ1) is 10.8. The lowest BCUT2D eigenvalue weighted by molar-refractivity contribution is 0.0205. The Morgan fingerprint density at radius 2 is 1.91 bits per heavy atom. The summed E-state index contributed by atoms with van der Waals surface area (Å²) < 4.78 is 5.47. The number of likely N-dealkylation sites (tertiary alicyclic amines) is 1. The second-order valence-electron chi connectivity index (χ2n) is 7.41. The largest absolute Gasteiger partial charge is 0.444 e. The summed E-state index contributed by atoms with van der Waals surface area (Å²) in [6.45, 7) is 8.29. The van der Waals surface area contributed by atoms with Crippen LogP contribution in [0.3, 0.4) is 0 Å². The molecule has 0 unspecified atom stereocenters. The van der Waals surface area contributed by atoms with Gasteiger partial charge >= 0.3 is 6.09 Å². The Hall–Kier alpha value is -1.42. The Balaban J connectivity index is 1.59. The van der Waals surface area contributed by atoms with Crippen LogP contribution in [-0.4, -0.2) is 42.3 Å². The fourth-order valence-electron chi connectivity index (χ4n) is 3.46. The van der Waals surface area contributed by atoms with E-state index < -0.39 is 5.60 Å². The summed E-state index contributed by atoms with van der Waals surface area (Å²) in [6.07, 6.45) is 2.84. The van der Waals surface area contributed by atoms with E-state index in [1.807, 2.05) is 31.7 Å². The van der Waals surface area contributed by atoms with Crippen molar-refractivity contribution in [3.8, 4) is 0 Å². The van der Waals surface area contributed by atoms with E-state index in [2.05, 4.69) is 17.0 Å². The van der Waals surface area contributed by atoms with Crippen molar-refractivity contribution < 1.29 is 9.53 Å². The average molecular weight is 337 g/mol. The molecule has 0 atom stereocenters. The van der Waals surface area contributed by atoms with Crippen molar-refractivity contribution in [1.29, 1.82) is 0 Å². The zero-order valence-electron chi connectivity index (χ0n) is 14.1. The summed E-state index contributed by atoms with van der Waals surface area (Å²) in [4.78, 5) is 16.5. The van der Waals surface area contributed by atoms with Crippen molar-refractivity contribution in [2.75, 3.05) is 24.5 Å². The van der Waals surface area contributed by atoms with Gasteiger partial charge in [0, 0.05) is 36.4 Å². The minimum Gasteiger partial charge on any atom is -0.444 e. The summed E-state index contributed by atoms with van der Waals surface area (Å²) in [5.41, 5.74) is 2.22. The maximum Gasteiger partial charge on any atom is 0.410 e. The van der Waals surface area contributed by atoms with Gasteiger partial charge in [-0.1, -0.05) is 11.6 Å². The predicted octanol–water partition coefficient (Wildman–Crippen LogP) is 4.10. The molecular weight excluding hydrogens is 312 g/mol. The minimum atomic E-state index is -0.429. The topological polar surface area (TPSA) is 32.8 Å². The third kappa shape index (κ3) is 3.74. The lowest BCUT2D eigenvalue weighted by Gasteiger charge is -2.38. The standard InChI is InChI=1S/C18H25ClN2O2/c1-18(2,3)23-17(22)20-9-7-15(8-10-20)21-11-6-13-12-14(19)4-5-16(13)21/h4-5,12,15H,6-11H2,1-3H3. The molecule has 126 valence electrons. The van der Waals surface area contributed by atoms with Crippen LogP contribution in [-0.2, 0) is 11.2 Å². The van der Waals surface area contributed by atoms with E-state index in [0.717, 1.165) is 43.9 Å². The van der Waals surface area contributed by atoms with E-state index in [4.69, 9.17) is 16.3 Å². The Labute approximate surface area is 143 Å². The summed E-state index contributed by atoms with van der Waals surface area (Å²) in [5.74, 6) is 0. The van der Waals surface area contributed by atoms with E-state index in [1.165, 1.54) is 11.3 Å². The number of ether oxygens (including phenoxy) is 1. The van der Waals surface area contributed by atoms with Crippen LogP contribution in [0.15, 0.2) is 18.2 Å². The summed E-state index contributed by atoms with van der Waals surface area (Å²) in [7, 11) is 0. The summed E-state index contributed by atoms with van der Waals surface area (Å²) in [5, 5.41) is 0.811. The molecule has 2 aliphatic heterocycles. The quantitative estimate of drug-likeness (QED) is 0.774. The minimum absolute atomic E-state index is 0.190. The number of carbonyl (C=O) groups excluding carboxylic acids is 1. The van der Waals surface area contributed by atoms with Gasteiger partial charge in [0.05, 0.1) is 0 Å². The second kappa shape index (κ2) is 6.23. The average Bonchev–Trinajstić information content (AvgIpc) is 2.88. The van der Waals surface area contributed by atoms with Gasteiger partial charge in [0.25, 0.3) is 0 Å². The molecule has 0 spiro atoms. The molecular formula is C18H25ClN2O2. The Bertz CT molecular complexity index is 589. The lowest BCUT2D eigenvalue weighted by Crippen LogP contribution is -2.47. The molecule has 2 heterocycles. The summed E-state index contributed by atoms with van der Waals surface area (Å²) >= 11 is 6.09. The smallest absolute Gasteiger partial charge is 0.410 e. The zero-order valence-corrected chi connectivity index (χ0v) is 14.9. The van der Waals surface area contributed by atoms with E-state index in [1.54, 1.807) is 0 Å². The van der Waals surface area contributed by atoms with Crippen LogP contribution in [0.1, 0.15) is 39.2 Å². The second-order valence-corrected chi connectivity index (χ2v) is 7.85. The number of anilines is 1. The maximum absolute atomic E-state index is 12.2. The monoisotopic (exact) mass is 336 g/mol. The van der Waals surface area contributed by atoms with Gasteiger partial charge in [0.2, 0.25) is 0 Å². The molecule has 1 fully saturated rings. The Morgan fingerprint density at radius 1 is 1.22 bits per heavy atom. The molecule has 1 amide bonds. The van der Waals surface area contributed by atoms with Crippen molar-refractivity contribution in [2.45, 2.75) is 51.7 Å². The number of hydrogen-bond donors (Lipinski definition) is 0. The predicted molar refractivity (Wildman–Crippen MR) is 93.3 cm³/mol. The zero-order chi connectivity index (χ0) is 16.6. The van der Waals surface area contributed by atoms with Gasteiger partial charge in [-0.2, -0.15) is 0 Å². The first-order valence-electron chi connectivity index (χ1n) is 8.36. The molecule has 0 aliphatic carbocycles. The van der Waals surface area contributed by atoms with Gasteiger partial charge in [-0.05, 0) is 63.8 Å². The van der Waals surface area contributed by atoms with Crippen molar-refractivity contribution in [3.63, 3.8) is 0 Å². The molecule has 0 saturated carbocycles. The molecule has 1 saturated heterocycles. The molecule has 0 aromatic heterocycles. The third-order valence-electron chi connectivity index (χ3n) is 4.53. The highest BCUT2D eigenvalue weighted by atomic mass is 35.5. The number of piperidine rings is 1. The highest BCUT2D eigenvalue weighted by Crippen LogP contribution is 2.34. The lowest BCUT2D eigenvalue weighted by atomic mass is 10.0. The van der Waals surface area contributed by atoms with Crippen molar-refractivity contribution in [3.05, 3.63) is 28.8 Å². The van der Waals surface area contributed by atoms with Crippen LogP contribution in [0, 0.1) is 0 Å². The van der Waals surface area contributed by atoms with E-state index >= 15 is 0 Å². The molecule has 23 heavy (non-hydrogen) atoms. The third-order valence-corrected chi connectivity index (χ3v) is 4.77. The molecule has 1 aromatic carbocycles. The molecule has 0 N–H and O–H groups in total. The van der Waals surface area contributed by atoms with Crippen molar-refractivity contribution >= 4 is 23.4 Å². The molecule has 2 aliphatic rings. The van der Waals surface area contributed by atoms with Crippen LogP contribution >= 0.6 is 11.6 Å². The molecule has 0 bridgehead atoms. The number of halogens is 1. The molecule has 3 rings (SSSR count). The Kier molecular flexibility index (Phi) is 4.45. The van der Waals surface area contributed by atoms with Crippen LogP contribution in [0.2, 0.25) is 5.02 Å². The number of hydrogen-bond acceptors (Lipinski definition) is 3. The van der Waals surface area contributed by atoms with Gasteiger partial charge in [-0.3, -0.25) is 0 Å². The van der Waals surface area contributed by atoms with Gasteiger partial charge in [-0.25, -0.2) is 4.79 Å². The van der Waals surface area contributed by atoms with Crippen molar-refractivity contribution in [2.24, 2.45) is 0 Å². The molecule has 5 heteroatoms. The van der Waals surface area contributed by atoms with E-state index in [-0.39, 0.29) is 6.09 Å². The van der Waals surface area contributed by atoms with E-state index in [9.17, 15) is 4.79 Å². The number of rotatable bonds is 1.